The summed E-state index contributed by atoms with van der Waals surface area (Å²) >= 11 is 0. The van der Waals surface area contributed by atoms with Crippen molar-refractivity contribution in [3.8, 4) is 0 Å². The van der Waals surface area contributed by atoms with E-state index in [-0.39, 0.29) is 0 Å². The highest BCUT2D eigenvalue weighted by atomic mass is 16.5. The van der Waals surface area contributed by atoms with E-state index >= 15 is 0 Å². The van der Waals surface area contributed by atoms with Crippen molar-refractivity contribution in [2.45, 2.75) is 0 Å². The molecule has 0 fully saturated rings. The first-order valence-corrected chi connectivity index (χ1v) is 3.66. The van der Waals surface area contributed by atoms with Crippen molar-refractivity contribution >= 4 is 5.97 Å². The van der Waals surface area contributed by atoms with Crippen molar-refractivity contribution in [3.63, 3.8) is 0 Å². The molecule has 70 valence electrons. The number of hydrogen-bond donors (Lipinski definition) is 1. The summed E-state index contributed by atoms with van der Waals surface area (Å²) < 4.78 is 4.50. The minimum absolute atomic E-state index is 0.318. The molecule has 0 aliphatic rings. The molecule has 2 N–H and O–H groups in total. The lowest BCUT2D eigenvalue weighted by molar-refractivity contribution is -0.135. The summed E-state index contributed by atoms with van der Waals surface area (Å²) in [5, 5.41) is 0. The Balaban J connectivity index is 4.75. The van der Waals surface area contributed by atoms with Gasteiger partial charge < -0.3 is 10.5 Å². The number of methoxy groups -OCH3 is 1. The molecular weight excluding hydrogens is 166 g/mol. The molecule has 0 saturated heterocycles. The number of allylic oxidation sites excluding steroid dienone is 3. The largest absolute Gasteiger partial charge is 0.465 e. The van der Waals surface area contributed by atoms with E-state index in [2.05, 4.69) is 17.9 Å². The van der Waals surface area contributed by atoms with Crippen LogP contribution in [0.15, 0.2) is 48.7 Å². The Morgan fingerprint density at radius 1 is 1.46 bits per heavy atom. The molecule has 0 atom stereocenters. The van der Waals surface area contributed by atoms with E-state index in [1.54, 1.807) is 6.08 Å². The lowest BCUT2D eigenvalue weighted by atomic mass is 10.2. The van der Waals surface area contributed by atoms with E-state index in [1.165, 1.54) is 25.3 Å². The first-order valence-electron chi connectivity index (χ1n) is 3.66. The van der Waals surface area contributed by atoms with Crippen LogP contribution in [0.2, 0.25) is 0 Å². The van der Waals surface area contributed by atoms with Crippen LogP contribution in [0.1, 0.15) is 0 Å². The van der Waals surface area contributed by atoms with Crippen LogP contribution >= 0.6 is 0 Å². The second kappa shape index (κ2) is 5.83. The van der Waals surface area contributed by atoms with E-state index in [4.69, 9.17) is 5.73 Å². The SMILES string of the molecule is C=C/C=C(N)\C=C(/C=C)C(=O)OC. The summed E-state index contributed by atoms with van der Waals surface area (Å²) in [6, 6.07) is 0. The Morgan fingerprint density at radius 2 is 2.08 bits per heavy atom. The number of ether oxygens (including phenoxy) is 1. The zero-order valence-corrected chi connectivity index (χ0v) is 7.62. The molecule has 0 heterocycles. The Bertz CT molecular complexity index is 275. The highest BCUT2D eigenvalue weighted by molar-refractivity contribution is 5.91. The van der Waals surface area contributed by atoms with Gasteiger partial charge in [-0.3, -0.25) is 0 Å². The van der Waals surface area contributed by atoms with Crippen molar-refractivity contribution in [2.75, 3.05) is 7.11 Å². The first-order chi connectivity index (χ1) is 6.15. The number of esters is 1. The van der Waals surface area contributed by atoms with Gasteiger partial charge in [-0.25, -0.2) is 4.79 Å². The molecule has 3 nitrogen and oxygen atoms in total. The normalized spacial score (nSPS) is 12.1. The Labute approximate surface area is 77.9 Å². The third-order valence-corrected chi connectivity index (χ3v) is 1.27. The van der Waals surface area contributed by atoms with Crippen LogP contribution in [0.3, 0.4) is 0 Å². The minimum Gasteiger partial charge on any atom is -0.465 e. The van der Waals surface area contributed by atoms with Crippen LogP contribution in [0, 0.1) is 0 Å². The van der Waals surface area contributed by atoms with Crippen molar-refractivity contribution in [3.05, 3.63) is 48.7 Å². The van der Waals surface area contributed by atoms with Crippen LogP contribution in [0.5, 0.6) is 0 Å². The maximum Gasteiger partial charge on any atom is 0.337 e. The first kappa shape index (κ1) is 11.2. The van der Waals surface area contributed by atoms with Crippen LogP contribution in [0.25, 0.3) is 0 Å². The van der Waals surface area contributed by atoms with Crippen molar-refractivity contribution < 1.29 is 9.53 Å². The quantitative estimate of drug-likeness (QED) is 0.402. The molecule has 0 bridgehead atoms. The smallest absolute Gasteiger partial charge is 0.337 e. The maximum absolute atomic E-state index is 11.0. The predicted octanol–water partition coefficient (Wildman–Crippen LogP) is 1.30. The van der Waals surface area contributed by atoms with E-state index in [0.717, 1.165) is 0 Å². The third-order valence-electron chi connectivity index (χ3n) is 1.27. The van der Waals surface area contributed by atoms with Gasteiger partial charge in [0.1, 0.15) is 0 Å². The van der Waals surface area contributed by atoms with E-state index < -0.39 is 5.97 Å². The molecule has 0 saturated carbocycles. The number of nitrogens with two attached hydrogens (primary N) is 1. The molecule has 0 aromatic heterocycles. The van der Waals surface area contributed by atoms with Gasteiger partial charge in [-0.2, -0.15) is 0 Å². The lowest BCUT2D eigenvalue weighted by Crippen LogP contribution is -2.04. The van der Waals surface area contributed by atoms with Gasteiger partial charge in [0.25, 0.3) is 0 Å². The van der Waals surface area contributed by atoms with Gasteiger partial charge >= 0.3 is 5.97 Å². The van der Waals surface area contributed by atoms with Gasteiger partial charge in [0.15, 0.2) is 0 Å². The van der Waals surface area contributed by atoms with E-state index in [1.807, 2.05) is 0 Å². The van der Waals surface area contributed by atoms with Crippen LogP contribution in [0.4, 0.5) is 0 Å². The van der Waals surface area contributed by atoms with Crippen LogP contribution < -0.4 is 5.73 Å². The summed E-state index contributed by atoms with van der Waals surface area (Å²) in [6.07, 6.45) is 5.96. The van der Waals surface area contributed by atoms with E-state index in [9.17, 15) is 4.79 Å². The zero-order valence-electron chi connectivity index (χ0n) is 7.62. The van der Waals surface area contributed by atoms with Crippen LogP contribution in [-0.4, -0.2) is 13.1 Å². The molecule has 0 aromatic carbocycles. The molecule has 0 amide bonds. The van der Waals surface area contributed by atoms with Crippen molar-refractivity contribution in [1.29, 1.82) is 0 Å². The average molecular weight is 179 g/mol. The second-order valence-electron chi connectivity index (χ2n) is 2.20. The van der Waals surface area contributed by atoms with Crippen molar-refractivity contribution in [2.24, 2.45) is 5.73 Å². The zero-order chi connectivity index (χ0) is 10.3. The maximum atomic E-state index is 11.0. The Hall–Kier alpha value is -1.77. The minimum atomic E-state index is -0.463. The molecule has 0 aliphatic carbocycles. The van der Waals surface area contributed by atoms with Crippen molar-refractivity contribution in [1.82, 2.24) is 0 Å². The monoisotopic (exact) mass is 179 g/mol. The standard InChI is InChI=1S/C10H13NO2/c1-4-6-9(11)7-8(5-2)10(12)13-3/h4-7H,1-2,11H2,3H3/b8-7+,9-6+. The highest BCUT2D eigenvalue weighted by Crippen LogP contribution is 2.01. The summed E-state index contributed by atoms with van der Waals surface area (Å²) in [5.74, 6) is -0.463. The van der Waals surface area contributed by atoms with Gasteiger partial charge in [0, 0.05) is 5.70 Å². The Kier molecular flexibility index (Phi) is 5.03. The average Bonchev–Trinajstić information content (AvgIpc) is 2.13. The molecule has 0 aliphatic heterocycles. The molecule has 0 radical (unpaired) electrons. The Morgan fingerprint density at radius 3 is 2.46 bits per heavy atom. The number of rotatable bonds is 4. The lowest BCUT2D eigenvalue weighted by Gasteiger charge is -1.98. The van der Waals surface area contributed by atoms with E-state index in [0.29, 0.717) is 11.3 Å². The second-order valence-corrected chi connectivity index (χ2v) is 2.20. The predicted molar refractivity (Wildman–Crippen MR) is 52.8 cm³/mol. The highest BCUT2D eigenvalue weighted by Gasteiger charge is 2.04. The molecule has 0 unspecified atom stereocenters. The fourth-order valence-corrected chi connectivity index (χ4v) is 0.683. The fourth-order valence-electron chi connectivity index (χ4n) is 0.683. The van der Waals surface area contributed by atoms with Gasteiger partial charge in [-0.15, -0.1) is 0 Å². The van der Waals surface area contributed by atoms with Crippen LogP contribution in [-0.2, 0) is 9.53 Å². The van der Waals surface area contributed by atoms with Gasteiger partial charge in [0.2, 0.25) is 0 Å². The summed E-state index contributed by atoms with van der Waals surface area (Å²) in [4.78, 5) is 11.0. The topological polar surface area (TPSA) is 52.3 Å². The molecular formula is C10H13NO2. The molecule has 13 heavy (non-hydrogen) atoms. The number of carbonyl (C=O) groups excluding carboxylic acids is 1. The summed E-state index contributed by atoms with van der Waals surface area (Å²) in [7, 11) is 1.30. The number of carbonyl (C=O) groups is 1. The molecule has 0 rings (SSSR count). The molecule has 0 aromatic rings. The molecule has 0 spiro atoms. The van der Waals surface area contributed by atoms with Gasteiger partial charge in [0.05, 0.1) is 12.7 Å². The third kappa shape index (κ3) is 3.96. The summed E-state index contributed by atoms with van der Waals surface area (Å²) in [6.45, 7) is 6.94. The number of hydrogen-bond acceptors (Lipinski definition) is 3. The fraction of sp³-hybridized carbons (Fsp3) is 0.100. The van der Waals surface area contributed by atoms with Gasteiger partial charge in [-0.05, 0) is 12.2 Å². The van der Waals surface area contributed by atoms with Gasteiger partial charge in [-0.1, -0.05) is 25.3 Å². The summed E-state index contributed by atoms with van der Waals surface area (Å²) in [5.41, 5.74) is 6.25. The molecule has 3 heteroatoms.